The van der Waals surface area contributed by atoms with Crippen LogP contribution in [0, 0.1) is 0 Å². The van der Waals surface area contributed by atoms with Crippen molar-refractivity contribution < 1.29 is 47.4 Å². The smallest absolute Gasteiger partial charge is 0.392 e. The summed E-state index contributed by atoms with van der Waals surface area (Å²) in [4.78, 5) is 61.1. The summed E-state index contributed by atoms with van der Waals surface area (Å²) in [6, 6.07) is 11.3. The molecule has 2 unspecified atom stereocenters. The number of carbonyl (C=O) groups excluding carboxylic acids is 5. The first-order valence-corrected chi connectivity index (χ1v) is 12.7. The third-order valence-electron chi connectivity index (χ3n) is 5.93. The second-order valence-electron chi connectivity index (χ2n) is 9.23. The number of carbonyl (C=O) groups is 5. The van der Waals surface area contributed by atoms with E-state index in [9.17, 15) is 42.3 Å². The van der Waals surface area contributed by atoms with Gasteiger partial charge in [0, 0.05) is 18.4 Å². The van der Waals surface area contributed by atoms with E-state index < -0.39 is 79.8 Å². The van der Waals surface area contributed by atoms with Gasteiger partial charge in [0.2, 0.25) is 23.6 Å². The lowest BCUT2D eigenvalue weighted by Gasteiger charge is -2.26. The van der Waals surface area contributed by atoms with E-state index in [-0.39, 0.29) is 18.6 Å². The van der Waals surface area contributed by atoms with Crippen LogP contribution in [0.2, 0.25) is 0 Å². The van der Waals surface area contributed by atoms with E-state index in [0.717, 1.165) is 0 Å². The molecule has 0 saturated carbocycles. The van der Waals surface area contributed by atoms with Crippen molar-refractivity contribution in [1.29, 1.82) is 0 Å². The first-order chi connectivity index (χ1) is 19.8. The Morgan fingerprint density at radius 3 is 2.00 bits per heavy atom. The van der Waals surface area contributed by atoms with Crippen LogP contribution < -0.4 is 27.0 Å². The van der Waals surface area contributed by atoms with Crippen molar-refractivity contribution in [2.45, 2.75) is 50.2 Å². The molecule has 0 saturated heterocycles. The van der Waals surface area contributed by atoms with E-state index in [1.807, 2.05) is 5.32 Å². The lowest BCUT2D eigenvalue weighted by Crippen LogP contribution is -2.54. The van der Waals surface area contributed by atoms with Gasteiger partial charge in [0.15, 0.2) is 6.10 Å². The zero-order valence-electron chi connectivity index (χ0n) is 22.3. The van der Waals surface area contributed by atoms with Gasteiger partial charge in [0.1, 0.15) is 6.04 Å². The molecule has 15 heteroatoms. The fraction of sp³-hybridized carbons (Fsp3) is 0.370. The van der Waals surface area contributed by atoms with E-state index in [1.54, 1.807) is 30.3 Å². The van der Waals surface area contributed by atoms with Crippen molar-refractivity contribution in [1.82, 2.24) is 21.3 Å². The molecule has 5 amide bonds. The molecule has 42 heavy (non-hydrogen) atoms. The quantitative estimate of drug-likeness (QED) is 0.143. The molecule has 0 spiro atoms. The highest BCUT2D eigenvalue weighted by atomic mass is 19.4. The third kappa shape index (κ3) is 11.5. The number of alkyl halides is 3. The number of aliphatic hydroxyl groups is 2. The van der Waals surface area contributed by atoms with Gasteiger partial charge in [-0.05, 0) is 29.7 Å². The zero-order valence-corrected chi connectivity index (χ0v) is 22.3. The number of aliphatic hydroxyl groups excluding tert-OH is 2. The highest BCUT2D eigenvalue weighted by molar-refractivity contribution is 5.97. The highest BCUT2D eigenvalue weighted by Gasteiger charge is 2.44. The van der Waals surface area contributed by atoms with Crippen molar-refractivity contribution in [2.75, 3.05) is 13.1 Å². The fourth-order valence-electron chi connectivity index (χ4n) is 3.71. The van der Waals surface area contributed by atoms with Gasteiger partial charge in [-0.3, -0.25) is 24.0 Å². The Kier molecular flexibility index (Phi) is 12.9. The summed E-state index contributed by atoms with van der Waals surface area (Å²) in [5.74, 6) is -4.20. The van der Waals surface area contributed by atoms with Crippen molar-refractivity contribution >= 4 is 29.5 Å². The maximum atomic E-state index is 13.0. The first kappa shape index (κ1) is 33.7. The number of hydrogen-bond acceptors (Lipinski definition) is 7. The second kappa shape index (κ2) is 16.1. The van der Waals surface area contributed by atoms with Crippen LogP contribution in [0.15, 0.2) is 54.6 Å². The Labute approximate surface area is 238 Å². The standard InChI is InChI=1S/C27H32F3N5O7/c28-27(29,30)24(40)19(10-11-21(31)37)34-22(38)14-33-26(42)20(12-16-4-2-1-3-5-16)35-23(39)13-32-25(41)18-8-6-17(15-36)7-9-18/h1-9,19-20,24,36,40H,10-15H2,(H2,31,37)(H,32,41)(H,33,42)(H,34,38)(H,35,39)/t19?,20-,24?/m0/s1. The average Bonchev–Trinajstić information content (AvgIpc) is 2.96. The van der Waals surface area contributed by atoms with E-state index >= 15 is 0 Å². The first-order valence-electron chi connectivity index (χ1n) is 12.7. The van der Waals surface area contributed by atoms with Crippen LogP contribution in [-0.2, 0) is 32.2 Å². The molecule has 2 aromatic rings. The topological polar surface area (TPSA) is 200 Å². The van der Waals surface area contributed by atoms with E-state index in [4.69, 9.17) is 10.8 Å². The molecule has 0 aliphatic rings. The van der Waals surface area contributed by atoms with Gasteiger partial charge in [-0.15, -0.1) is 0 Å². The molecule has 0 radical (unpaired) electrons. The Morgan fingerprint density at radius 1 is 0.833 bits per heavy atom. The van der Waals surface area contributed by atoms with Gasteiger partial charge in [0.05, 0.1) is 25.7 Å². The van der Waals surface area contributed by atoms with Crippen molar-refractivity contribution in [3.05, 3.63) is 71.3 Å². The molecule has 0 heterocycles. The summed E-state index contributed by atoms with van der Waals surface area (Å²) >= 11 is 0. The lowest BCUT2D eigenvalue weighted by molar-refractivity contribution is -0.212. The molecular weight excluding hydrogens is 563 g/mol. The Morgan fingerprint density at radius 2 is 1.43 bits per heavy atom. The number of primary amides is 1. The average molecular weight is 596 g/mol. The minimum atomic E-state index is -5.10. The van der Waals surface area contributed by atoms with Crippen molar-refractivity contribution in [2.24, 2.45) is 5.73 Å². The summed E-state index contributed by atoms with van der Waals surface area (Å²) in [7, 11) is 0. The number of amides is 5. The molecule has 0 aliphatic heterocycles. The molecular formula is C27H32F3N5O7. The second-order valence-corrected chi connectivity index (χ2v) is 9.23. The van der Waals surface area contributed by atoms with Crippen molar-refractivity contribution in [3.63, 3.8) is 0 Å². The van der Waals surface area contributed by atoms with Gasteiger partial charge in [-0.1, -0.05) is 42.5 Å². The van der Waals surface area contributed by atoms with Gasteiger partial charge >= 0.3 is 6.18 Å². The molecule has 0 fully saturated rings. The predicted octanol–water partition coefficient (Wildman–Crippen LogP) is -0.574. The Bertz CT molecular complexity index is 1230. The number of halogens is 3. The normalized spacial score (nSPS) is 13.3. The summed E-state index contributed by atoms with van der Waals surface area (Å²) in [6.07, 6.45) is -9.24. The maximum absolute atomic E-state index is 13.0. The predicted molar refractivity (Wildman–Crippen MR) is 142 cm³/mol. The molecule has 0 aromatic heterocycles. The molecule has 228 valence electrons. The van der Waals surface area contributed by atoms with Crippen LogP contribution >= 0.6 is 0 Å². The Hall–Kier alpha value is -4.50. The van der Waals surface area contributed by atoms with Crippen molar-refractivity contribution in [3.8, 4) is 0 Å². The molecule has 12 nitrogen and oxygen atoms in total. The van der Waals surface area contributed by atoms with E-state index in [2.05, 4.69) is 16.0 Å². The summed E-state index contributed by atoms with van der Waals surface area (Å²) in [5.41, 5.74) is 6.41. The highest BCUT2D eigenvalue weighted by Crippen LogP contribution is 2.24. The largest absolute Gasteiger partial charge is 0.416 e. The number of nitrogens with one attached hydrogen (secondary N) is 4. The van der Waals surface area contributed by atoms with Crippen LogP contribution in [0.4, 0.5) is 13.2 Å². The third-order valence-corrected chi connectivity index (χ3v) is 5.93. The van der Waals surface area contributed by atoms with Crippen LogP contribution in [-0.4, -0.2) is 77.2 Å². The summed E-state index contributed by atoms with van der Waals surface area (Å²) in [5, 5.41) is 27.7. The van der Waals surface area contributed by atoms with Gasteiger partial charge < -0.3 is 37.2 Å². The maximum Gasteiger partial charge on any atom is 0.416 e. The molecule has 0 aliphatic carbocycles. The number of benzene rings is 2. The van der Waals surface area contributed by atoms with E-state index in [1.165, 1.54) is 24.3 Å². The minimum absolute atomic E-state index is 0.0232. The zero-order chi connectivity index (χ0) is 31.3. The monoisotopic (exact) mass is 595 g/mol. The van der Waals surface area contributed by atoms with Crippen LogP contribution in [0.1, 0.15) is 34.3 Å². The molecule has 2 aromatic carbocycles. The van der Waals surface area contributed by atoms with Crippen LogP contribution in [0.5, 0.6) is 0 Å². The molecule has 8 N–H and O–H groups in total. The number of rotatable bonds is 15. The molecule has 2 rings (SSSR count). The SMILES string of the molecule is NC(=O)CCC(NC(=O)CNC(=O)[C@H](Cc1ccccc1)NC(=O)CNC(=O)c1ccc(CO)cc1)C(O)C(F)(F)F. The van der Waals surface area contributed by atoms with Gasteiger partial charge in [-0.25, -0.2) is 0 Å². The minimum Gasteiger partial charge on any atom is -0.392 e. The number of hydrogen-bond donors (Lipinski definition) is 7. The fourth-order valence-corrected chi connectivity index (χ4v) is 3.71. The lowest BCUT2D eigenvalue weighted by atomic mass is 10.0. The summed E-state index contributed by atoms with van der Waals surface area (Å²) < 4.78 is 39.0. The van der Waals surface area contributed by atoms with E-state index in [0.29, 0.717) is 11.1 Å². The van der Waals surface area contributed by atoms with Gasteiger partial charge in [0.25, 0.3) is 5.91 Å². The molecule has 0 bridgehead atoms. The van der Waals surface area contributed by atoms with Crippen LogP contribution in [0.25, 0.3) is 0 Å². The Balaban J connectivity index is 2.01. The molecule has 3 atom stereocenters. The van der Waals surface area contributed by atoms with Gasteiger partial charge in [-0.2, -0.15) is 13.2 Å². The van der Waals surface area contributed by atoms with Crippen LogP contribution in [0.3, 0.4) is 0 Å². The number of nitrogens with two attached hydrogens (primary N) is 1. The summed E-state index contributed by atoms with van der Waals surface area (Å²) in [6.45, 7) is -1.52.